The van der Waals surface area contributed by atoms with Crippen molar-refractivity contribution in [1.82, 2.24) is 21.3 Å². The van der Waals surface area contributed by atoms with Gasteiger partial charge in [0.15, 0.2) is 25.4 Å². The molecule has 40 heteroatoms. The van der Waals surface area contributed by atoms with E-state index < -0.39 is 114 Å². The minimum absolute atomic E-state index is 0. The van der Waals surface area contributed by atoms with Gasteiger partial charge >= 0.3 is 95.7 Å². The van der Waals surface area contributed by atoms with E-state index in [0.29, 0.717) is 58.0 Å². The van der Waals surface area contributed by atoms with Crippen LogP contribution in [-0.2, 0) is 110 Å². The molecule has 33 nitrogen and oxygen atoms in total. The van der Waals surface area contributed by atoms with Gasteiger partial charge in [0.1, 0.15) is 58.5 Å². The van der Waals surface area contributed by atoms with Gasteiger partial charge in [-0.1, -0.05) is 64.4 Å². The van der Waals surface area contributed by atoms with Crippen molar-refractivity contribution in [2.24, 2.45) is 10.8 Å². The Morgan fingerprint density at radius 2 is 0.786 bits per heavy atom. The molecule has 0 bridgehead atoms. The minimum Gasteiger partial charge on any atom is -0.549 e. The van der Waals surface area contributed by atoms with Gasteiger partial charge < -0.3 is 88.4 Å². The van der Waals surface area contributed by atoms with Crippen LogP contribution >= 0.6 is 47.0 Å². The van der Waals surface area contributed by atoms with Crippen molar-refractivity contribution in [3.8, 4) is 0 Å². The van der Waals surface area contributed by atoms with E-state index in [4.69, 9.17) is 57.2 Å². The van der Waals surface area contributed by atoms with E-state index in [-0.39, 0.29) is 153 Å². The minimum atomic E-state index is -3.90. The predicted molar refractivity (Wildman–Crippen MR) is 439 cm³/mol. The number of aliphatic carboxylic acids is 2. The molecule has 5 N–H and O–H groups in total. The summed E-state index contributed by atoms with van der Waals surface area (Å²) >= 11 is 6.14. The largest absolute Gasteiger partial charge is 1.00 e. The molecule has 0 aromatic heterocycles. The summed E-state index contributed by atoms with van der Waals surface area (Å²) in [6.07, 6.45) is -0.0597. The number of ether oxygens (including phenoxy) is 11. The number of thioether (sulfide) groups is 4. The number of hydrogen-bond donors (Lipinski definition) is 5. The molecule has 3 unspecified atom stereocenters. The monoisotopic (exact) mass is 1770 g/mol. The zero-order valence-corrected chi connectivity index (χ0v) is 76.3. The van der Waals surface area contributed by atoms with Crippen LogP contribution in [0.4, 0.5) is 19.2 Å². The second kappa shape index (κ2) is 60.0. The van der Waals surface area contributed by atoms with Gasteiger partial charge in [0.2, 0.25) is 6.29 Å². The summed E-state index contributed by atoms with van der Waals surface area (Å²) in [6, 6.07) is 12.2. The molecule has 0 saturated carbocycles. The molecular formula is C77H115N4NaO29S6. The van der Waals surface area contributed by atoms with E-state index in [1.54, 1.807) is 61.6 Å². The molecule has 0 spiro atoms. The third-order valence-electron chi connectivity index (χ3n) is 14.4. The topological polar surface area (TPSA) is 466 Å². The summed E-state index contributed by atoms with van der Waals surface area (Å²) in [5.74, 6) is -2.55. The van der Waals surface area contributed by atoms with E-state index in [0.717, 1.165) is 36.1 Å². The van der Waals surface area contributed by atoms with Crippen molar-refractivity contribution in [2.45, 2.75) is 143 Å². The number of carboxylic acid groups (broad SMARTS) is 2. The first-order valence-corrected chi connectivity index (χ1v) is 44.4. The maximum atomic E-state index is 12.3. The van der Waals surface area contributed by atoms with Gasteiger partial charge in [0.05, 0.1) is 65.1 Å². The van der Waals surface area contributed by atoms with Crippen LogP contribution in [0.15, 0.2) is 107 Å². The number of carbonyl (C=O) groups excluding carboxylic acids is 11. The average molecular weight is 1780 g/mol. The van der Waals surface area contributed by atoms with Crippen LogP contribution in [0.5, 0.6) is 0 Å². The van der Waals surface area contributed by atoms with E-state index in [2.05, 4.69) is 47.6 Å². The molecule has 4 amide bonds. The molecule has 0 radical (unpaired) electrons. The molecule has 2 aromatic rings. The first kappa shape index (κ1) is 112. The van der Waals surface area contributed by atoms with Gasteiger partial charge in [0, 0.05) is 74.7 Å². The molecule has 1 saturated heterocycles. The summed E-state index contributed by atoms with van der Waals surface area (Å²) in [7, 11) is -7.74. The van der Waals surface area contributed by atoms with E-state index >= 15 is 0 Å². The van der Waals surface area contributed by atoms with Gasteiger partial charge in [-0.05, 0) is 136 Å². The smallest absolute Gasteiger partial charge is 0.549 e. The Hall–Kier alpha value is -7.50. The summed E-state index contributed by atoms with van der Waals surface area (Å²) in [5, 5.41) is 29.1. The quantitative estimate of drug-likeness (QED) is 0.0174. The summed E-state index contributed by atoms with van der Waals surface area (Å²) in [6.45, 7) is 38.9. The molecule has 1 aliphatic rings. The number of carbonyl (C=O) groups is 12. The van der Waals surface area contributed by atoms with Crippen LogP contribution in [-0.4, -0.2) is 249 Å². The predicted octanol–water partition coefficient (Wildman–Crippen LogP) is 5.72. The molecule has 654 valence electrons. The van der Waals surface area contributed by atoms with E-state index in [9.17, 15) is 79.5 Å². The first-order valence-electron chi connectivity index (χ1n) is 36.5. The zero-order valence-electron chi connectivity index (χ0n) is 69.4. The van der Waals surface area contributed by atoms with Crippen LogP contribution in [0.1, 0.15) is 132 Å². The van der Waals surface area contributed by atoms with Gasteiger partial charge in [-0.2, -0.15) is 47.0 Å². The number of nitrogens with one attached hydrogen (secondary N) is 4. The molecule has 1 aliphatic heterocycles. The summed E-state index contributed by atoms with van der Waals surface area (Å²) < 4.78 is 103. The maximum Gasteiger partial charge on any atom is 1.00 e. The van der Waals surface area contributed by atoms with Gasteiger partial charge in [-0.3, -0.25) is 14.4 Å². The van der Waals surface area contributed by atoms with Gasteiger partial charge in [-0.25, -0.2) is 55.2 Å². The van der Waals surface area contributed by atoms with Gasteiger partial charge in [-0.15, -0.1) is 0 Å². The Kier molecular flexibility index (Phi) is 57.3. The summed E-state index contributed by atoms with van der Waals surface area (Å²) in [5.41, 5.74) is 1.22. The zero-order chi connectivity index (χ0) is 88.3. The van der Waals surface area contributed by atoms with Crippen LogP contribution in [0.25, 0.3) is 0 Å². The molecule has 3 rings (SSSR count). The number of rotatable bonds is 47. The number of hydrogen-bond acceptors (Lipinski definition) is 32. The first-order chi connectivity index (χ1) is 54.1. The molecule has 3 atom stereocenters. The molecule has 1 heterocycles. The standard InChI is InChI=1S/2C20H27NO8S2.C19H31NO7S.C18H31NO6S.Na/c2*1-14(2)19(24)28-9-8-21-20(25)29-10-11-30-12-15(3)16-4-6-17(7-5-16)31(26,27)13-18(22)23;1-14(2)16(21)25-10-8-20-18(23)26-11-12-28-13-19(3,4)17(22)27-15-7-5-6-9-24-15;1-13(2)14(20)23-9-8-19-16(22)24-10-11-26-12-18(6,7)15(21)25-17(3,4)5;/h2*4-7,15H,1,8-13H2,2-3H3,(H,21,25)(H,22,23);15H,1,5-13H2,2-4H3,(H,20,23);1,8-12H2,2-7H3,(H,19,22);/q;;;;+1/p-1. The Morgan fingerprint density at radius 3 is 1.07 bits per heavy atom. The summed E-state index contributed by atoms with van der Waals surface area (Å²) in [4.78, 5) is 136. The molecular weight excluding hydrogens is 1660 g/mol. The van der Waals surface area contributed by atoms with Crippen molar-refractivity contribution in [1.29, 1.82) is 0 Å². The number of esters is 6. The maximum absolute atomic E-state index is 12.3. The van der Waals surface area contributed by atoms with Gasteiger partial charge in [0.25, 0.3) is 0 Å². The Labute approximate surface area is 726 Å². The molecule has 117 heavy (non-hydrogen) atoms. The number of benzene rings is 2. The molecule has 2 aromatic carbocycles. The number of sulfone groups is 2. The van der Waals surface area contributed by atoms with Crippen LogP contribution in [0.3, 0.4) is 0 Å². The fourth-order valence-corrected chi connectivity index (χ4v) is 14.0. The van der Waals surface area contributed by atoms with Crippen LogP contribution in [0.2, 0.25) is 0 Å². The molecule has 1 fully saturated rings. The van der Waals surface area contributed by atoms with Crippen LogP contribution in [0, 0.1) is 10.8 Å². The second-order valence-electron chi connectivity index (χ2n) is 27.9. The van der Waals surface area contributed by atoms with Crippen molar-refractivity contribution in [2.75, 3.05) is 143 Å². The second-order valence-corrected chi connectivity index (χ2v) is 36.4. The fourth-order valence-electron chi connectivity index (χ4n) is 8.13. The van der Waals surface area contributed by atoms with Crippen molar-refractivity contribution < 1.29 is 166 Å². The van der Waals surface area contributed by atoms with Crippen molar-refractivity contribution in [3.63, 3.8) is 0 Å². The number of carboxylic acids is 2. The van der Waals surface area contributed by atoms with E-state index in [1.165, 1.54) is 61.6 Å². The van der Waals surface area contributed by atoms with Crippen molar-refractivity contribution >= 4 is 139 Å². The fraction of sp³-hybridized carbons (Fsp3) is 0.584. The molecule has 0 aliphatic carbocycles. The Balaban J connectivity index is 0. The SMILES string of the molecule is C=C(C)C(=O)OCCNC(=O)OCCSCC(C)(C)C(=O)OC(C)(C)C.C=C(C)C(=O)OCCNC(=O)OCCSCC(C)(C)C(=O)OC1CCCCO1.C=C(C)C(=O)OCCNC(=O)OCCSCC(C)c1ccc(S(=O)(=O)CC(=O)O)cc1.C=C(C)C(=O)OCCNC(=O)OCCSCC(C)c1ccc(S(=O)(=O)CC(=O)[O-])cc1.[Na+]. The normalized spacial score (nSPS) is 12.9. The van der Waals surface area contributed by atoms with Crippen molar-refractivity contribution in [3.05, 3.63) is 108 Å². The Bertz CT molecular complexity index is 3630. The third kappa shape index (κ3) is 55.1. The average Bonchev–Trinajstić information content (AvgIpc) is 0.832. The Morgan fingerprint density at radius 1 is 0.479 bits per heavy atom. The van der Waals surface area contributed by atoms with Crippen LogP contribution < -0.4 is 55.9 Å². The number of amides is 4. The third-order valence-corrected chi connectivity index (χ3v) is 22.8. The number of alkyl carbamates (subject to hydrolysis) is 4. The van der Waals surface area contributed by atoms with E-state index in [1.807, 2.05) is 62.3 Å².